The molecule has 2 aromatic carbocycles. The van der Waals surface area contributed by atoms with E-state index in [0.29, 0.717) is 36.7 Å². The molecule has 1 unspecified atom stereocenters. The number of H-pyrrole nitrogens is 1. The average molecular weight is 480 g/mol. The van der Waals surface area contributed by atoms with Crippen LogP contribution >= 0.6 is 0 Å². The minimum Gasteiger partial charge on any atom is -0.491 e. The standard InChI is InChI=1S/C23H24F4N4O3/c1-34-21-19(26)17(24)13(18(25)20(21)27)10-16(22-29-14-4-2-3-5-15(14)30-22)31-23(33)28-11-6-8-12(32)9-7-11/h2-5,11-12,16,32H,6-10H2,1H3,(H,29,30)(H2,28,31,33)/t11-,12-,16?. The van der Waals surface area contributed by atoms with Crippen LogP contribution in [-0.2, 0) is 6.42 Å². The fourth-order valence-corrected chi connectivity index (χ4v) is 4.18. The number of fused-ring (bicyclic) bond motifs is 1. The van der Waals surface area contributed by atoms with Crippen LogP contribution in [0.15, 0.2) is 24.3 Å². The number of hydrogen-bond donors (Lipinski definition) is 4. The van der Waals surface area contributed by atoms with Gasteiger partial charge >= 0.3 is 6.03 Å². The first-order chi connectivity index (χ1) is 16.3. The number of carbonyl (C=O) groups excluding carboxylic acids is 1. The largest absolute Gasteiger partial charge is 0.491 e. The molecule has 0 bridgehead atoms. The molecular formula is C23H24F4N4O3. The molecule has 1 heterocycles. The summed E-state index contributed by atoms with van der Waals surface area (Å²) in [6, 6.07) is 4.96. The van der Waals surface area contributed by atoms with Crippen LogP contribution in [0.4, 0.5) is 22.4 Å². The Morgan fingerprint density at radius 3 is 2.38 bits per heavy atom. The molecule has 4 rings (SSSR count). The van der Waals surface area contributed by atoms with Crippen molar-refractivity contribution in [3.8, 4) is 5.75 Å². The summed E-state index contributed by atoms with van der Waals surface area (Å²) >= 11 is 0. The summed E-state index contributed by atoms with van der Waals surface area (Å²) in [7, 11) is 0.896. The minimum atomic E-state index is -1.66. The molecule has 7 nitrogen and oxygen atoms in total. The number of urea groups is 1. The molecule has 1 atom stereocenters. The molecule has 0 saturated heterocycles. The number of amides is 2. The van der Waals surface area contributed by atoms with E-state index in [2.05, 4.69) is 25.3 Å². The highest BCUT2D eigenvalue weighted by atomic mass is 19.2. The van der Waals surface area contributed by atoms with Crippen molar-refractivity contribution in [3.63, 3.8) is 0 Å². The maximum absolute atomic E-state index is 14.7. The summed E-state index contributed by atoms with van der Waals surface area (Å²) in [4.78, 5) is 20.1. The van der Waals surface area contributed by atoms with Gasteiger partial charge in [0.15, 0.2) is 17.4 Å². The lowest BCUT2D eigenvalue weighted by molar-refractivity contribution is 0.117. The van der Waals surface area contributed by atoms with Crippen molar-refractivity contribution in [1.29, 1.82) is 0 Å². The van der Waals surface area contributed by atoms with Crippen molar-refractivity contribution in [3.05, 3.63) is 58.9 Å². The van der Waals surface area contributed by atoms with Crippen LogP contribution in [0.3, 0.4) is 0 Å². The number of imidazole rings is 1. The van der Waals surface area contributed by atoms with Gasteiger partial charge in [0.25, 0.3) is 0 Å². The summed E-state index contributed by atoms with van der Waals surface area (Å²) < 4.78 is 62.3. The lowest BCUT2D eigenvalue weighted by Gasteiger charge is -2.27. The molecule has 1 saturated carbocycles. The molecule has 11 heteroatoms. The number of aromatic nitrogens is 2. The van der Waals surface area contributed by atoms with Gasteiger partial charge in [-0.25, -0.2) is 18.6 Å². The third-order valence-electron chi connectivity index (χ3n) is 6.00. The molecule has 182 valence electrons. The second-order valence-electron chi connectivity index (χ2n) is 8.29. The lowest BCUT2D eigenvalue weighted by Crippen LogP contribution is -2.45. The SMILES string of the molecule is COc1c(F)c(F)c(CC(NC(=O)N[C@H]2CC[C@H](O)CC2)c2nc3ccccc3[nH]2)c(F)c1F. The Morgan fingerprint density at radius 1 is 1.12 bits per heavy atom. The zero-order valence-electron chi connectivity index (χ0n) is 18.3. The van der Waals surface area contributed by atoms with Crippen LogP contribution in [0.1, 0.15) is 43.1 Å². The van der Waals surface area contributed by atoms with Gasteiger partial charge in [0.2, 0.25) is 11.6 Å². The number of aliphatic hydroxyl groups excluding tert-OH is 1. The number of aromatic amines is 1. The number of rotatable bonds is 6. The van der Waals surface area contributed by atoms with Crippen LogP contribution in [0.5, 0.6) is 5.75 Å². The number of halogens is 4. The maximum Gasteiger partial charge on any atom is 0.315 e. The van der Waals surface area contributed by atoms with Gasteiger partial charge in [-0.2, -0.15) is 8.78 Å². The predicted octanol–water partition coefficient (Wildman–Crippen LogP) is 4.01. The third kappa shape index (κ3) is 4.79. The van der Waals surface area contributed by atoms with Crippen molar-refractivity contribution < 1.29 is 32.2 Å². The Balaban J connectivity index is 1.64. The Bertz CT molecular complexity index is 1130. The number of para-hydroxylation sites is 2. The topological polar surface area (TPSA) is 99.3 Å². The van der Waals surface area contributed by atoms with Gasteiger partial charge in [-0.3, -0.25) is 0 Å². The molecule has 4 N–H and O–H groups in total. The van der Waals surface area contributed by atoms with E-state index < -0.39 is 59.2 Å². The zero-order valence-corrected chi connectivity index (χ0v) is 18.3. The summed E-state index contributed by atoms with van der Waals surface area (Å²) in [6.45, 7) is 0. The smallest absolute Gasteiger partial charge is 0.315 e. The molecule has 1 aliphatic carbocycles. The number of carbonyl (C=O) groups is 1. The van der Waals surface area contributed by atoms with Crippen LogP contribution in [0, 0.1) is 23.3 Å². The number of ether oxygens (including phenoxy) is 1. The van der Waals surface area contributed by atoms with Gasteiger partial charge < -0.3 is 25.5 Å². The van der Waals surface area contributed by atoms with Crippen molar-refractivity contribution in [2.75, 3.05) is 7.11 Å². The highest BCUT2D eigenvalue weighted by Crippen LogP contribution is 2.32. The summed E-state index contributed by atoms with van der Waals surface area (Å²) in [5.41, 5.74) is 0.264. The first kappa shape index (κ1) is 23.8. The van der Waals surface area contributed by atoms with Gasteiger partial charge in [-0.05, 0) is 37.8 Å². The van der Waals surface area contributed by atoms with Crippen LogP contribution < -0.4 is 15.4 Å². The van der Waals surface area contributed by atoms with E-state index >= 15 is 0 Å². The summed E-state index contributed by atoms with van der Waals surface area (Å²) in [6.07, 6.45) is 1.20. The van der Waals surface area contributed by atoms with Crippen molar-refractivity contribution in [2.45, 2.75) is 50.3 Å². The fraction of sp³-hybridized carbons (Fsp3) is 0.391. The molecular weight excluding hydrogens is 456 g/mol. The van der Waals surface area contributed by atoms with Crippen molar-refractivity contribution in [2.24, 2.45) is 0 Å². The molecule has 2 amide bonds. The molecule has 34 heavy (non-hydrogen) atoms. The maximum atomic E-state index is 14.7. The average Bonchev–Trinajstić information content (AvgIpc) is 3.26. The van der Waals surface area contributed by atoms with E-state index in [1.54, 1.807) is 24.3 Å². The second-order valence-corrected chi connectivity index (χ2v) is 8.29. The molecule has 1 fully saturated rings. The highest BCUT2D eigenvalue weighted by Gasteiger charge is 2.30. The summed E-state index contributed by atoms with van der Waals surface area (Å²) in [5.74, 6) is -7.55. The molecule has 0 radical (unpaired) electrons. The first-order valence-corrected chi connectivity index (χ1v) is 10.9. The minimum absolute atomic E-state index is 0.158. The number of nitrogens with zero attached hydrogens (tertiary/aromatic N) is 1. The first-order valence-electron chi connectivity index (χ1n) is 10.9. The van der Waals surface area contributed by atoms with Gasteiger partial charge in [0.05, 0.1) is 30.3 Å². The van der Waals surface area contributed by atoms with E-state index in [0.717, 1.165) is 7.11 Å². The second kappa shape index (κ2) is 9.88. The van der Waals surface area contributed by atoms with Gasteiger partial charge in [-0.1, -0.05) is 12.1 Å². The van der Waals surface area contributed by atoms with E-state index in [-0.39, 0.29) is 11.9 Å². The van der Waals surface area contributed by atoms with Crippen LogP contribution in [-0.4, -0.2) is 40.4 Å². The Morgan fingerprint density at radius 2 is 1.76 bits per heavy atom. The van der Waals surface area contributed by atoms with E-state index in [1.165, 1.54) is 0 Å². The Hall–Kier alpha value is -3.34. The quantitative estimate of drug-likeness (QED) is 0.316. The number of aliphatic hydroxyl groups is 1. The number of methoxy groups -OCH3 is 1. The van der Waals surface area contributed by atoms with Crippen LogP contribution in [0.2, 0.25) is 0 Å². The van der Waals surface area contributed by atoms with Gasteiger partial charge in [-0.15, -0.1) is 0 Å². The van der Waals surface area contributed by atoms with Gasteiger partial charge in [0, 0.05) is 18.0 Å². The highest BCUT2D eigenvalue weighted by molar-refractivity contribution is 5.76. The predicted molar refractivity (Wildman–Crippen MR) is 115 cm³/mol. The molecule has 3 aromatic rings. The zero-order chi connectivity index (χ0) is 24.4. The molecule has 1 aromatic heterocycles. The Kier molecular flexibility index (Phi) is 6.92. The fourth-order valence-electron chi connectivity index (χ4n) is 4.18. The van der Waals surface area contributed by atoms with Gasteiger partial charge in [0.1, 0.15) is 5.82 Å². The molecule has 0 aliphatic heterocycles. The third-order valence-corrected chi connectivity index (χ3v) is 6.00. The lowest BCUT2D eigenvalue weighted by atomic mass is 9.93. The van der Waals surface area contributed by atoms with Crippen molar-refractivity contribution in [1.82, 2.24) is 20.6 Å². The van der Waals surface area contributed by atoms with Crippen molar-refractivity contribution >= 4 is 17.1 Å². The Labute approximate surface area is 192 Å². The van der Waals surface area contributed by atoms with E-state index in [4.69, 9.17) is 0 Å². The number of benzene rings is 2. The van der Waals surface area contributed by atoms with E-state index in [1.807, 2.05) is 0 Å². The summed E-state index contributed by atoms with van der Waals surface area (Å²) in [5, 5.41) is 15.0. The van der Waals surface area contributed by atoms with E-state index in [9.17, 15) is 27.5 Å². The number of nitrogens with one attached hydrogen (secondary N) is 3. The molecule has 0 spiro atoms. The molecule has 1 aliphatic rings. The normalized spacial score (nSPS) is 19.1. The van der Waals surface area contributed by atoms with Crippen LogP contribution in [0.25, 0.3) is 11.0 Å². The monoisotopic (exact) mass is 480 g/mol. The number of hydrogen-bond acceptors (Lipinski definition) is 4.